The Kier molecular flexibility index (Phi) is 3.08. The molecule has 15 heavy (non-hydrogen) atoms. The highest BCUT2D eigenvalue weighted by Crippen LogP contribution is 2.07. The first-order valence-electron chi connectivity index (χ1n) is 4.65. The van der Waals surface area contributed by atoms with E-state index in [4.69, 9.17) is 0 Å². The molecule has 1 N–H and O–H groups in total. The Morgan fingerprint density at radius 3 is 2.80 bits per heavy atom. The lowest BCUT2D eigenvalue weighted by atomic mass is 10.3. The summed E-state index contributed by atoms with van der Waals surface area (Å²) in [6.07, 6.45) is 0. The van der Waals surface area contributed by atoms with Gasteiger partial charge in [-0.25, -0.2) is 9.61 Å². The number of thiazole rings is 1. The Balaban J connectivity index is 1.83. The third-order valence-corrected chi connectivity index (χ3v) is 2.83. The van der Waals surface area contributed by atoms with E-state index in [1.54, 1.807) is 11.3 Å². The van der Waals surface area contributed by atoms with E-state index < -0.39 is 0 Å². The first-order chi connectivity index (χ1) is 7.25. The molecular weight excluding hydrogens is 212 g/mol. The summed E-state index contributed by atoms with van der Waals surface area (Å²) in [6, 6.07) is 0. The van der Waals surface area contributed by atoms with Gasteiger partial charge in [-0.1, -0.05) is 10.3 Å². The van der Waals surface area contributed by atoms with Gasteiger partial charge in [-0.15, -0.1) is 11.3 Å². The highest BCUT2D eigenvalue weighted by Gasteiger charge is 2.04. The number of hydrogen-bond acceptors (Lipinski definition) is 6. The van der Waals surface area contributed by atoms with Crippen molar-refractivity contribution in [3.63, 3.8) is 0 Å². The second-order valence-electron chi connectivity index (χ2n) is 3.26. The highest BCUT2D eigenvalue weighted by molar-refractivity contribution is 7.09. The zero-order valence-corrected chi connectivity index (χ0v) is 9.47. The van der Waals surface area contributed by atoms with Crippen molar-refractivity contribution in [2.24, 2.45) is 0 Å². The molecular formula is C9H12N4OS. The maximum absolute atomic E-state index is 4.60. The van der Waals surface area contributed by atoms with Crippen molar-refractivity contribution in [3.8, 4) is 0 Å². The summed E-state index contributed by atoms with van der Waals surface area (Å²) in [7, 11) is 0. The van der Waals surface area contributed by atoms with Crippen LogP contribution < -0.4 is 5.32 Å². The number of aryl methyl sites for hydroxylation is 2. The number of hydrogen-bond donors (Lipinski definition) is 1. The Hall–Kier alpha value is -1.27. The van der Waals surface area contributed by atoms with E-state index in [-0.39, 0.29) is 0 Å². The molecule has 0 aliphatic carbocycles. The van der Waals surface area contributed by atoms with Crippen LogP contribution in [-0.4, -0.2) is 15.3 Å². The third kappa shape index (κ3) is 2.60. The van der Waals surface area contributed by atoms with Crippen LogP contribution in [0.25, 0.3) is 0 Å². The van der Waals surface area contributed by atoms with Gasteiger partial charge < -0.3 is 5.32 Å². The van der Waals surface area contributed by atoms with Crippen LogP contribution in [0.5, 0.6) is 0 Å². The number of nitrogens with one attached hydrogen (secondary N) is 1. The van der Waals surface area contributed by atoms with E-state index in [2.05, 4.69) is 30.6 Å². The lowest BCUT2D eigenvalue weighted by molar-refractivity contribution is 0.300. The number of aromatic nitrogens is 3. The lowest BCUT2D eigenvalue weighted by Crippen LogP contribution is -2.13. The SMILES string of the molecule is Cc1nc(CNCc2nonc2C)cs1. The summed E-state index contributed by atoms with van der Waals surface area (Å²) < 4.78 is 4.60. The van der Waals surface area contributed by atoms with Gasteiger partial charge >= 0.3 is 0 Å². The zero-order valence-electron chi connectivity index (χ0n) is 8.65. The minimum absolute atomic E-state index is 0.659. The fourth-order valence-electron chi connectivity index (χ4n) is 1.21. The Morgan fingerprint density at radius 1 is 1.33 bits per heavy atom. The van der Waals surface area contributed by atoms with Gasteiger partial charge in [0.2, 0.25) is 0 Å². The predicted octanol–water partition coefficient (Wildman–Crippen LogP) is 1.43. The summed E-state index contributed by atoms with van der Waals surface area (Å²) in [5.41, 5.74) is 2.74. The Labute approximate surface area is 91.5 Å². The van der Waals surface area contributed by atoms with Crippen molar-refractivity contribution >= 4 is 11.3 Å². The van der Waals surface area contributed by atoms with Gasteiger partial charge in [-0.3, -0.25) is 0 Å². The minimum Gasteiger partial charge on any atom is -0.305 e. The number of nitrogens with zero attached hydrogens (tertiary/aromatic N) is 3. The average molecular weight is 224 g/mol. The number of rotatable bonds is 4. The van der Waals surface area contributed by atoms with Crippen LogP contribution in [0.1, 0.15) is 22.1 Å². The van der Waals surface area contributed by atoms with Crippen molar-refractivity contribution in [1.29, 1.82) is 0 Å². The molecule has 0 spiro atoms. The molecule has 2 aromatic heterocycles. The van der Waals surface area contributed by atoms with Crippen molar-refractivity contribution in [2.45, 2.75) is 26.9 Å². The smallest absolute Gasteiger partial charge is 0.121 e. The molecule has 0 saturated carbocycles. The second-order valence-corrected chi connectivity index (χ2v) is 4.32. The van der Waals surface area contributed by atoms with Crippen molar-refractivity contribution < 1.29 is 4.63 Å². The first kappa shape index (κ1) is 10.3. The molecule has 0 aliphatic heterocycles. The van der Waals surface area contributed by atoms with E-state index in [0.29, 0.717) is 6.54 Å². The first-order valence-corrected chi connectivity index (χ1v) is 5.53. The van der Waals surface area contributed by atoms with E-state index >= 15 is 0 Å². The highest BCUT2D eigenvalue weighted by atomic mass is 32.1. The van der Waals surface area contributed by atoms with E-state index in [9.17, 15) is 0 Å². The van der Waals surface area contributed by atoms with Crippen LogP contribution in [-0.2, 0) is 13.1 Å². The van der Waals surface area contributed by atoms with Crippen LogP contribution in [0.4, 0.5) is 0 Å². The van der Waals surface area contributed by atoms with Gasteiger partial charge in [0.1, 0.15) is 11.4 Å². The van der Waals surface area contributed by atoms with E-state index in [1.807, 2.05) is 13.8 Å². The molecule has 0 atom stereocenters. The third-order valence-electron chi connectivity index (χ3n) is 2.01. The molecule has 0 amide bonds. The fourth-order valence-corrected chi connectivity index (χ4v) is 1.82. The Morgan fingerprint density at radius 2 is 2.20 bits per heavy atom. The summed E-state index contributed by atoms with van der Waals surface area (Å²) >= 11 is 1.66. The monoisotopic (exact) mass is 224 g/mol. The standard InChI is InChI=1S/C9H12N4OS/c1-6-9(13-14-12-6)4-10-3-8-5-15-7(2)11-8/h5,10H,3-4H2,1-2H3. The molecule has 0 bridgehead atoms. The maximum Gasteiger partial charge on any atom is 0.121 e. The predicted molar refractivity (Wildman–Crippen MR) is 56.4 cm³/mol. The van der Waals surface area contributed by atoms with Gasteiger partial charge in [-0.05, 0) is 13.8 Å². The summed E-state index contributed by atoms with van der Waals surface area (Å²) in [5.74, 6) is 0. The van der Waals surface area contributed by atoms with Gasteiger partial charge in [0.25, 0.3) is 0 Å². The molecule has 2 rings (SSSR count). The van der Waals surface area contributed by atoms with Crippen LogP contribution in [0.2, 0.25) is 0 Å². The largest absolute Gasteiger partial charge is 0.305 e. The molecule has 0 aliphatic rings. The summed E-state index contributed by atoms with van der Waals surface area (Å²) in [6.45, 7) is 5.28. The van der Waals surface area contributed by atoms with Crippen LogP contribution in [0.15, 0.2) is 10.0 Å². The van der Waals surface area contributed by atoms with Gasteiger partial charge in [0, 0.05) is 18.5 Å². The molecule has 0 fully saturated rings. The van der Waals surface area contributed by atoms with Gasteiger partial charge in [0.15, 0.2) is 0 Å². The molecule has 0 unspecified atom stereocenters. The molecule has 0 saturated heterocycles. The van der Waals surface area contributed by atoms with Gasteiger partial charge in [-0.2, -0.15) is 0 Å². The second kappa shape index (κ2) is 4.50. The summed E-state index contributed by atoms with van der Waals surface area (Å²) in [5, 5.41) is 13.9. The van der Waals surface area contributed by atoms with Crippen molar-refractivity contribution in [1.82, 2.24) is 20.6 Å². The van der Waals surface area contributed by atoms with Crippen LogP contribution in [0, 0.1) is 13.8 Å². The molecule has 0 aromatic carbocycles. The Bertz CT molecular complexity index is 437. The minimum atomic E-state index is 0.659. The molecule has 0 radical (unpaired) electrons. The maximum atomic E-state index is 4.60. The van der Waals surface area contributed by atoms with E-state index in [1.165, 1.54) is 0 Å². The molecule has 6 heteroatoms. The molecule has 2 aromatic rings. The fraction of sp³-hybridized carbons (Fsp3) is 0.444. The zero-order chi connectivity index (χ0) is 10.7. The molecule has 2 heterocycles. The van der Waals surface area contributed by atoms with Crippen LogP contribution in [0.3, 0.4) is 0 Å². The normalized spacial score (nSPS) is 10.8. The van der Waals surface area contributed by atoms with E-state index in [0.717, 1.165) is 28.6 Å². The van der Waals surface area contributed by atoms with Crippen molar-refractivity contribution in [2.75, 3.05) is 0 Å². The van der Waals surface area contributed by atoms with Crippen molar-refractivity contribution in [3.05, 3.63) is 27.5 Å². The topological polar surface area (TPSA) is 63.8 Å². The summed E-state index contributed by atoms with van der Waals surface area (Å²) in [4.78, 5) is 4.35. The van der Waals surface area contributed by atoms with Crippen LogP contribution >= 0.6 is 11.3 Å². The van der Waals surface area contributed by atoms with Gasteiger partial charge in [0.05, 0.1) is 10.7 Å². The molecule has 80 valence electrons. The molecule has 5 nitrogen and oxygen atoms in total. The lowest BCUT2D eigenvalue weighted by Gasteiger charge is -1.98. The average Bonchev–Trinajstić information content (AvgIpc) is 2.77. The quantitative estimate of drug-likeness (QED) is 0.851.